The van der Waals surface area contributed by atoms with Crippen molar-refractivity contribution >= 4 is 15.9 Å². The summed E-state index contributed by atoms with van der Waals surface area (Å²) >= 11 is 0. The molecule has 0 radical (unpaired) electrons. The molecule has 166 valence electrons. The van der Waals surface area contributed by atoms with Crippen LogP contribution in [0, 0.1) is 5.82 Å². The van der Waals surface area contributed by atoms with Crippen molar-refractivity contribution < 1.29 is 17.6 Å². The fourth-order valence-electron chi connectivity index (χ4n) is 3.73. The number of hydrogen-bond acceptors (Lipinski definition) is 3. The Balaban J connectivity index is 1.61. The topological polar surface area (TPSA) is 57.7 Å². The maximum atomic E-state index is 14.0. The van der Waals surface area contributed by atoms with Gasteiger partial charge >= 0.3 is 0 Å². The van der Waals surface area contributed by atoms with E-state index in [1.807, 2.05) is 0 Å². The average Bonchev–Trinajstić information content (AvgIpc) is 2.79. The van der Waals surface area contributed by atoms with E-state index in [1.54, 1.807) is 57.7 Å². The van der Waals surface area contributed by atoms with Gasteiger partial charge in [0.2, 0.25) is 15.9 Å². The van der Waals surface area contributed by atoms with E-state index in [0.29, 0.717) is 31.6 Å². The highest BCUT2D eigenvalue weighted by molar-refractivity contribution is 7.89. The summed E-state index contributed by atoms with van der Waals surface area (Å²) in [6.45, 7) is 5.34. The van der Waals surface area contributed by atoms with Gasteiger partial charge in [-0.05, 0) is 43.0 Å². The summed E-state index contributed by atoms with van der Waals surface area (Å²) in [5.41, 5.74) is 1.35. The molecule has 31 heavy (non-hydrogen) atoms. The Labute approximate surface area is 184 Å². The number of piperidine rings is 1. The molecule has 0 bridgehead atoms. The zero-order valence-electron chi connectivity index (χ0n) is 17.7. The van der Waals surface area contributed by atoms with Gasteiger partial charge < -0.3 is 4.90 Å². The molecule has 0 unspecified atom stereocenters. The van der Waals surface area contributed by atoms with Gasteiger partial charge in [0.15, 0.2) is 0 Å². The molecule has 0 saturated carbocycles. The predicted octanol–water partition coefficient (Wildman–Crippen LogP) is 4.15. The maximum absolute atomic E-state index is 14.0. The Hall–Kier alpha value is -2.51. The van der Waals surface area contributed by atoms with Crippen molar-refractivity contribution in [2.75, 3.05) is 19.6 Å². The number of hydrogen-bond donors (Lipinski definition) is 0. The highest BCUT2D eigenvalue weighted by Crippen LogP contribution is 2.21. The van der Waals surface area contributed by atoms with Crippen molar-refractivity contribution in [3.8, 4) is 0 Å². The first-order chi connectivity index (χ1) is 14.9. The lowest BCUT2D eigenvalue weighted by Gasteiger charge is -2.25. The maximum Gasteiger partial charge on any atom is 0.243 e. The number of carbonyl (C=O) groups excluding carboxylic acids is 1. The molecule has 1 heterocycles. The van der Waals surface area contributed by atoms with Gasteiger partial charge in [-0.2, -0.15) is 4.31 Å². The summed E-state index contributed by atoms with van der Waals surface area (Å²) in [5, 5.41) is 0. The van der Waals surface area contributed by atoms with Crippen LogP contribution in [0.15, 0.2) is 66.1 Å². The third-order valence-electron chi connectivity index (χ3n) is 5.52. The molecule has 0 spiro atoms. The number of nitrogens with zero attached hydrogens (tertiary/aromatic N) is 2. The monoisotopic (exact) mass is 444 g/mol. The van der Waals surface area contributed by atoms with Crippen LogP contribution in [0.3, 0.4) is 0 Å². The molecular weight excluding hydrogens is 415 g/mol. The quantitative estimate of drug-likeness (QED) is 0.546. The SMILES string of the molecule is C=CCN(Cc1ccccc1F)C(=O)CCc1ccc(S(=O)(=O)N2CCCCC2)cc1. The summed E-state index contributed by atoms with van der Waals surface area (Å²) in [6.07, 6.45) is 5.22. The zero-order chi connectivity index (χ0) is 22.3. The molecule has 2 aromatic carbocycles. The van der Waals surface area contributed by atoms with Crippen molar-refractivity contribution in [2.24, 2.45) is 0 Å². The summed E-state index contributed by atoms with van der Waals surface area (Å²) in [7, 11) is -3.46. The van der Waals surface area contributed by atoms with Crippen molar-refractivity contribution in [1.82, 2.24) is 9.21 Å². The number of sulfonamides is 1. The molecule has 0 atom stereocenters. The molecule has 1 fully saturated rings. The van der Waals surface area contributed by atoms with E-state index in [2.05, 4.69) is 6.58 Å². The first-order valence-electron chi connectivity index (χ1n) is 10.6. The van der Waals surface area contributed by atoms with Crippen molar-refractivity contribution in [2.45, 2.75) is 43.5 Å². The van der Waals surface area contributed by atoms with Gasteiger partial charge in [-0.3, -0.25) is 4.79 Å². The average molecular weight is 445 g/mol. The largest absolute Gasteiger partial charge is 0.335 e. The summed E-state index contributed by atoms with van der Waals surface area (Å²) in [5.74, 6) is -0.442. The molecule has 1 aliphatic rings. The molecule has 0 aromatic heterocycles. The Morgan fingerprint density at radius 1 is 1.06 bits per heavy atom. The smallest absolute Gasteiger partial charge is 0.243 e. The van der Waals surface area contributed by atoms with Gasteiger partial charge in [-0.25, -0.2) is 12.8 Å². The van der Waals surface area contributed by atoms with E-state index in [4.69, 9.17) is 0 Å². The van der Waals surface area contributed by atoms with Crippen LogP contribution in [-0.4, -0.2) is 43.2 Å². The fraction of sp³-hybridized carbons (Fsp3) is 0.375. The van der Waals surface area contributed by atoms with Gasteiger partial charge in [0.25, 0.3) is 0 Å². The van der Waals surface area contributed by atoms with E-state index in [9.17, 15) is 17.6 Å². The Morgan fingerprint density at radius 2 is 1.74 bits per heavy atom. The molecule has 1 saturated heterocycles. The number of carbonyl (C=O) groups is 1. The van der Waals surface area contributed by atoms with Crippen LogP contribution in [0.2, 0.25) is 0 Å². The standard InChI is InChI=1S/C24H29FN2O3S/c1-2-16-26(19-21-8-4-5-9-23(21)25)24(28)15-12-20-10-13-22(14-11-20)31(29,30)27-17-6-3-7-18-27/h2,4-5,8-11,13-14H,1,3,6-7,12,15-19H2. The summed E-state index contributed by atoms with van der Waals surface area (Å²) in [4.78, 5) is 14.6. The van der Waals surface area contributed by atoms with Crippen LogP contribution in [0.5, 0.6) is 0 Å². The van der Waals surface area contributed by atoms with Gasteiger partial charge in [0, 0.05) is 38.2 Å². The number of halogens is 1. The van der Waals surface area contributed by atoms with E-state index in [-0.39, 0.29) is 29.6 Å². The number of aryl methyl sites for hydroxylation is 1. The Kier molecular flexibility index (Phi) is 7.98. The molecule has 1 amide bonds. The molecule has 3 rings (SSSR count). The van der Waals surface area contributed by atoms with Crippen LogP contribution in [0.1, 0.15) is 36.8 Å². The third kappa shape index (κ3) is 6.02. The third-order valence-corrected chi connectivity index (χ3v) is 7.44. The van der Waals surface area contributed by atoms with Crippen LogP contribution in [-0.2, 0) is 27.8 Å². The molecule has 0 N–H and O–H groups in total. The molecule has 0 aliphatic carbocycles. The first kappa shape index (κ1) is 23.2. The van der Waals surface area contributed by atoms with E-state index < -0.39 is 10.0 Å². The van der Waals surface area contributed by atoms with E-state index >= 15 is 0 Å². The lowest BCUT2D eigenvalue weighted by molar-refractivity contribution is -0.131. The number of amides is 1. The summed E-state index contributed by atoms with van der Waals surface area (Å²) < 4.78 is 41.0. The van der Waals surface area contributed by atoms with Crippen molar-refractivity contribution in [1.29, 1.82) is 0 Å². The molecule has 2 aromatic rings. The predicted molar refractivity (Wildman–Crippen MR) is 119 cm³/mol. The minimum absolute atomic E-state index is 0.104. The van der Waals surface area contributed by atoms with Gasteiger partial charge in [-0.1, -0.05) is 42.8 Å². The fourth-order valence-corrected chi connectivity index (χ4v) is 5.25. The summed E-state index contributed by atoms with van der Waals surface area (Å²) in [6, 6.07) is 13.2. The van der Waals surface area contributed by atoms with Gasteiger partial charge in [-0.15, -0.1) is 6.58 Å². The van der Waals surface area contributed by atoms with Crippen LogP contribution in [0.4, 0.5) is 4.39 Å². The lowest BCUT2D eigenvalue weighted by atomic mass is 10.1. The molecular formula is C24H29FN2O3S. The lowest BCUT2D eigenvalue weighted by Crippen LogP contribution is -2.35. The normalized spacial score (nSPS) is 14.9. The van der Waals surface area contributed by atoms with E-state index in [0.717, 1.165) is 24.8 Å². The number of benzene rings is 2. The molecule has 7 heteroatoms. The van der Waals surface area contributed by atoms with E-state index in [1.165, 1.54) is 6.07 Å². The number of rotatable bonds is 9. The Morgan fingerprint density at radius 3 is 2.39 bits per heavy atom. The second kappa shape index (κ2) is 10.7. The first-order valence-corrected chi connectivity index (χ1v) is 12.1. The molecule has 5 nitrogen and oxygen atoms in total. The van der Waals surface area contributed by atoms with Crippen molar-refractivity contribution in [3.63, 3.8) is 0 Å². The Bertz CT molecular complexity index is 1000. The van der Waals surface area contributed by atoms with Crippen LogP contribution < -0.4 is 0 Å². The van der Waals surface area contributed by atoms with Crippen LogP contribution in [0.25, 0.3) is 0 Å². The second-order valence-electron chi connectivity index (χ2n) is 7.76. The highest BCUT2D eigenvalue weighted by atomic mass is 32.2. The second-order valence-corrected chi connectivity index (χ2v) is 9.70. The zero-order valence-corrected chi connectivity index (χ0v) is 18.5. The minimum Gasteiger partial charge on any atom is -0.335 e. The van der Waals surface area contributed by atoms with Crippen molar-refractivity contribution in [3.05, 3.63) is 78.1 Å². The highest BCUT2D eigenvalue weighted by Gasteiger charge is 2.25. The van der Waals surface area contributed by atoms with Crippen LogP contribution >= 0.6 is 0 Å². The van der Waals surface area contributed by atoms with Gasteiger partial charge in [0.1, 0.15) is 5.82 Å². The van der Waals surface area contributed by atoms with Gasteiger partial charge in [0.05, 0.1) is 4.90 Å². The molecule has 1 aliphatic heterocycles. The minimum atomic E-state index is -3.46.